The molecule has 0 aromatic heterocycles. The van der Waals surface area contributed by atoms with Gasteiger partial charge in [-0.25, -0.2) is 18.6 Å². The summed E-state index contributed by atoms with van der Waals surface area (Å²) in [5.74, 6) is 0.211. The van der Waals surface area contributed by atoms with Gasteiger partial charge in [0.25, 0.3) is 15.9 Å². The molecule has 0 saturated carbocycles. The third kappa shape index (κ3) is 7.85. The van der Waals surface area contributed by atoms with Gasteiger partial charge in [-0.1, -0.05) is 11.6 Å². The predicted octanol–water partition coefficient (Wildman–Crippen LogP) is 4.24. The molecule has 1 amide bonds. The van der Waals surface area contributed by atoms with Crippen molar-refractivity contribution >= 4 is 45.6 Å². The third-order valence-electron chi connectivity index (χ3n) is 5.08. The summed E-state index contributed by atoms with van der Waals surface area (Å²) in [6, 6.07) is 16.5. The molecular weight excluding hydrogens is 550 g/mol. The quantitative estimate of drug-likeness (QED) is 0.155. The summed E-state index contributed by atoms with van der Waals surface area (Å²) in [7, 11) is -1.58. The van der Waals surface area contributed by atoms with Gasteiger partial charge in [0.15, 0.2) is 11.5 Å². The number of hydrazone groups is 1. The average molecular weight is 576 g/mol. The lowest BCUT2D eigenvalue weighted by Crippen LogP contribution is -2.39. The number of hydrogen-bond acceptors (Lipinski definition) is 9. The molecule has 0 aliphatic heterocycles. The topological polar surface area (TPSA) is 133 Å². The first-order chi connectivity index (χ1) is 18.7. The molecule has 3 rings (SSSR count). The van der Waals surface area contributed by atoms with Crippen molar-refractivity contribution in [3.8, 4) is 17.2 Å². The first kappa shape index (κ1) is 29.3. The molecule has 0 unspecified atom stereocenters. The highest BCUT2D eigenvalue weighted by molar-refractivity contribution is 7.92. The normalized spacial score (nSPS) is 11.1. The highest BCUT2D eigenvalue weighted by Crippen LogP contribution is 2.28. The lowest BCUT2D eigenvalue weighted by Gasteiger charge is -2.24. The van der Waals surface area contributed by atoms with Crippen LogP contribution in [0.4, 0.5) is 10.5 Å². The fraction of sp³-hybridized carbons (Fsp3) is 0.192. The maximum absolute atomic E-state index is 13.5. The van der Waals surface area contributed by atoms with Crippen LogP contribution in [-0.4, -0.2) is 54.1 Å². The molecule has 0 saturated heterocycles. The molecule has 0 radical (unpaired) electrons. The van der Waals surface area contributed by atoms with Crippen molar-refractivity contribution in [2.45, 2.75) is 11.8 Å². The van der Waals surface area contributed by atoms with E-state index in [1.165, 1.54) is 56.8 Å². The van der Waals surface area contributed by atoms with Crippen molar-refractivity contribution < 1.29 is 37.0 Å². The Hall–Kier alpha value is -4.29. The molecule has 0 heterocycles. The fourth-order valence-electron chi connectivity index (χ4n) is 3.25. The summed E-state index contributed by atoms with van der Waals surface area (Å²) in [5.41, 5.74) is 3.07. The number of anilines is 1. The number of nitrogens with one attached hydrogen (secondary N) is 1. The second kappa shape index (κ2) is 13.5. The number of halogens is 1. The summed E-state index contributed by atoms with van der Waals surface area (Å²) in [4.78, 5) is 24.1. The number of sulfonamides is 1. The number of ether oxygens (including phenoxy) is 4. The van der Waals surface area contributed by atoms with E-state index >= 15 is 0 Å². The smallest absolute Gasteiger partial charge is 0.494 e. The highest BCUT2D eigenvalue weighted by Gasteiger charge is 2.27. The highest BCUT2D eigenvalue weighted by atomic mass is 35.5. The summed E-state index contributed by atoms with van der Waals surface area (Å²) >= 11 is 5.92. The van der Waals surface area contributed by atoms with Crippen LogP contribution in [0.3, 0.4) is 0 Å². The van der Waals surface area contributed by atoms with E-state index in [2.05, 4.69) is 15.3 Å². The van der Waals surface area contributed by atoms with E-state index < -0.39 is 28.6 Å². The van der Waals surface area contributed by atoms with E-state index in [0.29, 0.717) is 22.9 Å². The Morgan fingerprint density at radius 2 is 1.69 bits per heavy atom. The van der Waals surface area contributed by atoms with Crippen LogP contribution in [0.5, 0.6) is 17.2 Å². The van der Waals surface area contributed by atoms with Crippen LogP contribution >= 0.6 is 11.6 Å². The van der Waals surface area contributed by atoms with Crippen LogP contribution in [0.1, 0.15) is 12.5 Å². The van der Waals surface area contributed by atoms with Gasteiger partial charge in [0.1, 0.15) is 12.3 Å². The van der Waals surface area contributed by atoms with Gasteiger partial charge in [-0.2, -0.15) is 5.10 Å². The zero-order valence-corrected chi connectivity index (χ0v) is 22.9. The Kier molecular flexibility index (Phi) is 10.1. The molecule has 0 aliphatic carbocycles. The monoisotopic (exact) mass is 575 g/mol. The standard InChI is InChI=1S/C26H26ClN3O8S/c1-4-37-21-10-8-20(9-11-21)30(39(33,34)22-12-6-19(27)7-13-22)17-25(31)29-28-16-18-5-14-23(24(15-18)35-2)38-26(32)36-3/h5-16H,4,17H2,1-3H3,(H,29,31)/b28-16+. The van der Waals surface area contributed by atoms with Gasteiger partial charge in [-0.3, -0.25) is 9.10 Å². The fourth-order valence-corrected chi connectivity index (χ4v) is 4.80. The van der Waals surface area contributed by atoms with Crippen LogP contribution in [0, 0.1) is 0 Å². The Morgan fingerprint density at radius 3 is 2.31 bits per heavy atom. The Balaban J connectivity index is 1.79. The van der Waals surface area contributed by atoms with Gasteiger partial charge in [0, 0.05) is 5.02 Å². The van der Waals surface area contributed by atoms with Gasteiger partial charge in [-0.05, 0) is 79.2 Å². The molecule has 0 fully saturated rings. The summed E-state index contributed by atoms with van der Waals surface area (Å²) in [6.07, 6.45) is 0.407. The van der Waals surface area contributed by atoms with E-state index in [1.807, 2.05) is 6.92 Å². The van der Waals surface area contributed by atoms with E-state index in [0.717, 1.165) is 4.31 Å². The molecule has 0 aliphatic rings. The van der Waals surface area contributed by atoms with Crippen LogP contribution in [-0.2, 0) is 19.6 Å². The Morgan fingerprint density at radius 1 is 1.00 bits per heavy atom. The molecule has 11 nitrogen and oxygen atoms in total. The maximum Gasteiger partial charge on any atom is 0.513 e. The van der Waals surface area contributed by atoms with Gasteiger partial charge in [0.05, 0.1) is 37.6 Å². The first-order valence-corrected chi connectivity index (χ1v) is 13.3. The summed E-state index contributed by atoms with van der Waals surface area (Å²) < 4.78 is 48.0. The van der Waals surface area contributed by atoms with Crippen molar-refractivity contribution in [1.82, 2.24) is 5.43 Å². The maximum atomic E-state index is 13.5. The zero-order valence-electron chi connectivity index (χ0n) is 21.3. The number of amides is 1. The minimum atomic E-state index is -4.14. The van der Waals surface area contributed by atoms with E-state index in [4.69, 9.17) is 25.8 Å². The van der Waals surface area contributed by atoms with E-state index in [-0.39, 0.29) is 22.1 Å². The van der Waals surface area contributed by atoms with Crippen molar-refractivity contribution in [3.63, 3.8) is 0 Å². The molecule has 13 heteroatoms. The lowest BCUT2D eigenvalue weighted by molar-refractivity contribution is -0.119. The number of nitrogens with zero attached hydrogens (tertiary/aromatic N) is 2. The second-order valence-electron chi connectivity index (χ2n) is 7.65. The number of carbonyl (C=O) groups is 2. The Labute approximate surface area is 230 Å². The summed E-state index contributed by atoms with van der Waals surface area (Å²) in [6.45, 7) is 1.71. The molecule has 39 heavy (non-hydrogen) atoms. The van der Waals surface area contributed by atoms with Gasteiger partial charge in [0.2, 0.25) is 0 Å². The lowest BCUT2D eigenvalue weighted by atomic mass is 10.2. The summed E-state index contributed by atoms with van der Waals surface area (Å²) in [5, 5.41) is 4.27. The molecule has 206 valence electrons. The van der Waals surface area contributed by atoms with Gasteiger partial charge in [-0.15, -0.1) is 0 Å². The second-order valence-corrected chi connectivity index (χ2v) is 9.95. The molecule has 0 bridgehead atoms. The molecule has 0 atom stereocenters. The van der Waals surface area contributed by atoms with Crippen LogP contribution < -0.4 is 23.9 Å². The van der Waals surface area contributed by atoms with Crippen LogP contribution in [0.2, 0.25) is 5.02 Å². The zero-order chi connectivity index (χ0) is 28.4. The van der Waals surface area contributed by atoms with Crippen molar-refractivity contribution in [2.24, 2.45) is 5.10 Å². The number of rotatable bonds is 11. The van der Waals surface area contributed by atoms with Gasteiger partial charge < -0.3 is 18.9 Å². The number of methoxy groups -OCH3 is 2. The molecule has 1 N–H and O–H groups in total. The van der Waals surface area contributed by atoms with Crippen molar-refractivity contribution in [1.29, 1.82) is 0 Å². The predicted molar refractivity (Wildman–Crippen MR) is 145 cm³/mol. The average Bonchev–Trinajstić information content (AvgIpc) is 2.93. The van der Waals surface area contributed by atoms with Gasteiger partial charge >= 0.3 is 6.16 Å². The van der Waals surface area contributed by atoms with Crippen molar-refractivity contribution in [2.75, 3.05) is 31.7 Å². The molecule has 0 spiro atoms. The number of benzene rings is 3. The molecule has 3 aromatic carbocycles. The minimum absolute atomic E-state index is 0.0431. The number of carbonyl (C=O) groups excluding carboxylic acids is 2. The largest absolute Gasteiger partial charge is 0.513 e. The first-order valence-electron chi connectivity index (χ1n) is 11.4. The number of hydrogen-bond donors (Lipinski definition) is 1. The van der Waals surface area contributed by atoms with E-state index in [9.17, 15) is 18.0 Å². The molecule has 3 aromatic rings. The minimum Gasteiger partial charge on any atom is -0.494 e. The van der Waals surface area contributed by atoms with Crippen LogP contribution in [0.25, 0.3) is 0 Å². The van der Waals surface area contributed by atoms with Crippen LogP contribution in [0.15, 0.2) is 76.7 Å². The van der Waals surface area contributed by atoms with Crippen molar-refractivity contribution in [3.05, 3.63) is 77.3 Å². The molecular formula is C26H26ClN3O8S. The van der Waals surface area contributed by atoms with E-state index in [1.54, 1.807) is 30.3 Å². The third-order valence-corrected chi connectivity index (χ3v) is 7.12. The SMILES string of the molecule is CCOc1ccc(N(CC(=O)N/N=C/c2ccc(OC(=O)OC)c(OC)c2)S(=O)(=O)c2ccc(Cl)cc2)cc1. The Bertz CT molecular complexity index is 1430.